The lowest BCUT2D eigenvalue weighted by Crippen LogP contribution is -2.22. The largest absolute Gasteiger partial charge is 0.763 e. The van der Waals surface area contributed by atoms with Crippen LogP contribution in [0.1, 0.15) is 34.6 Å². The van der Waals surface area contributed by atoms with Gasteiger partial charge >= 0.3 is 17.9 Å². The predicted octanol–water partition coefficient (Wildman–Crippen LogP) is 2.01. The van der Waals surface area contributed by atoms with Gasteiger partial charge in [-0.3, -0.25) is 10.7 Å². The zero-order valence-corrected chi connectivity index (χ0v) is 16.8. The zero-order chi connectivity index (χ0) is 22.8. The van der Waals surface area contributed by atoms with Crippen molar-refractivity contribution < 1.29 is 33.4 Å². The predicted molar refractivity (Wildman–Crippen MR) is 104 cm³/mol. The van der Waals surface area contributed by atoms with Crippen LogP contribution in [0.15, 0.2) is 41.0 Å². The lowest BCUT2D eigenvalue weighted by Gasteiger charge is -2.14. The fourth-order valence-electron chi connectivity index (χ4n) is 2.28. The van der Waals surface area contributed by atoms with Gasteiger partial charge in [-0.25, -0.2) is 14.4 Å². The van der Waals surface area contributed by atoms with Crippen LogP contribution in [0, 0.1) is 17.2 Å². The molecule has 1 aromatic carbocycles. The highest BCUT2D eigenvalue weighted by Gasteiger charge is 2.31. The molecule has 9 heteroatoms. The number of Topliss-reactive ketones (excluding diaryl/α,β-unsaturated/α-hetero) is 1. The van der Waals surface area contributed by atoms with Crippen molar-refractivity contribution in [2.45, 2.75) is 13.8 Å². The first-order valence-electron chi connectivity index (χ1n) is 8.62. The van der Waals surface area contributed by atoms with Gasteiger partial charge in [-0.05, 0) is 12.0 Å². The molecule has 9 nitrogen and oxygen atoms in total. The molecule has 0 saturated heterocycles. The van der Waals surface area contributed by atoms with E-state index in [1.807, 2.05) is 13.8 Å². The summed E-state index contributed by atoms with van der Waals surface area (Å²) in [5, 5.41) is 18.8. The van der Waals surface area contributed by atoms with E-state index in [9.17, 15) is 29.8 Å². The number of ether oxygens (including phenoxy) is 3. The van der Waals surface area contributed by atoms with Crippen molar-refractivity contribution in [1.29, 1.82) is 5.26 Å². The Hall–Kier alpha value is -4.02. The van der Waals surface area contributed by atoms with E-state index in [1.165, 1.54) is 36.2 Å². The molecule has 1 aromatic rings. The third-order valence-corrected chi connectivity index (χ3v) is 3.67. The van der Waals surface area contributed by atoms with Crippen LogP contribution in [0.25, 0.3) is 5.41 Å². The van der Waals surface area contributed by atoms with Gasteiger partial charge in [0.05, 0.1) is 37.5 Å². The summed E-state index contributed by atoms with van der Waals surface area (Å²) in [6, 6.07) is 6.93. The van der Waals surface area contributed by atoms with Crippen molar-refractivity contribution in [3.8, 4) is 6.07 Å². The van der Waals surface area contributed by atoms with Crippen LogP contribution in [-0.4, -0.2) is 50.4 Å². The van der Waals surface area contributed by atoms with Gasteiger partial charge in [-0.2, -0.15) is 5.26 Å². The standard InChI is InChI=1S/C21H19N2O7/c1-12(2)11-30-21(27)14-8-6-5-7-13(14)18(24)17(15(9-22)19(25)28-3)16(10-23)20(26)29-4/h5-8,12H,11H2,1-4H3/q-1/b17-15+. The molecule has 0 fully saturated rings. The van der Waals surface area contributed by atoms with Gasteiger partial charge in [0.15, 0.2) is 5.78 Å². The third-order valence-electron chi connectivity index (χ3n) is 3.67. The summed E-state index contributed by atoms with van der Waals surface area (Å²) in [7, 11) is 1.92. The molecule has 0 radical (unpaired) electrons. The molecule has 0 bridgehead atoms. The van der Waals surface area contributed by atoms with E-state index < -0.39 is 40.4 Å². The first-order chi connectivity index (χ1) is 14.2. The topological polar surface area (TPSA) is 142 Å². The van der Waals surface area contributed by atoms with Crippen LogP contribution in [0.3, 0.4) is 0 Å². The third kappa shape index (κ3) is 5.50. The van der Waals surface area contributed by atoms with E-state index in [2.05, 4.69) is 9.47 Å². The second-order valence-corrected chi connectivity index (χ2v) is 6.20. The Morgan fingerprint density at radius 2 is 1.60 bits per heavy atom. The average Bonchev–Trinajstić information content (AvgIpc) is 2.76. The molecule has 0 atom stereocenters. The summed E-state index contributed by atoms with van der Waals surface area (Å²) in [6.07, 6.45) is 0. The molecule has 0 aliphatic carbocycles. The number of carbonyl (C=O) groups excluding carboxylic acids is 4. The van der Waals surface area contributed by atoms with Crippen molar-refractivity contribution in [2.75, 3.05) is 20.8 Å². The molecule has 0 amide bonds. The monoisotopic (exact) mass is 411 g/mol. The number of esters is 3. The molecule has 0 spiro atoms. The molecule has 0 aliphatic rings. The van der Waals surface area contributed by atoms with Gasteiger partial charge in [0.1, 0.15) is 11.6 Å². The van der Waals surface area contributed by atoms with Crippen LogP contribution in [0.5, 0.6) is 0 Å². The van der Waals surface area contributed by atoms with Crippen molar-refractivity contribution in [3.63, 3.8) is 0 Å². The van der Waals surface area contributed by atoms with Gasteiger partial charge in [0.2, 0.25) is 0 Å². The first kappa shape index (κ1) is 24.0. The minimum absolute atomic E-state index is 0.0367. The number of nitriles is 1. The molecule has 0 aliphatic heterocycles. The minimum atomic E-state index is -1.24. The molecule has 156 valence electrons. The zero-order valence-electron chi connectivity index (χ0n) is 16.8. The Balaban J connectivity index is 3.73. The van der Waals surface area contributed by atoms with E-state index in [4.69, 9.17) is 4.74 Å². The smallest absolute Gasteiger partial charge is 0.349 e. The summed E-state index contributed by atoms with van der Waals surface area (Å²) in [5.41, 5.74) is -3.02. The van der Waals surface area contributed by atoms with Crippen LogP contribution in [0.2, 0.25) is 0 Å². The minimum Gasteiger partial charge on any atom is -0.763 e. The van der Waals surface area contributed by atoms with E-state index >= 15 is 0 Å². The second kappa shape index (κ2) is 11.1. The maximum absolute atomic E-state index is 13.2. The summed E-state index contributed by atoms with van der Waals surface area (Å²) in [4.78, 5) is 49.7. The maximum Gasteiger partial charge on any atom is 0.349 e. The molecule has 0 aromatic heterocycles. The Labute approximate surface area is 173 Å². The molecule has 1 rings (SSSR count). The number of ketones is 1. The van der Waals surface area contributed by atoms with Crippen molar-refractivity contribution in [3.05, 3.63) is 57.5 Å². The first-order valence-corrected chi connectivity index (χ1v) is 8.62. The van der Waals surface area contributed by atoms with Gasteiger partial charge in [0, 0.05) is 5.56 Å². The molecule has 0 unspecified atom stereocenters. The highest BCUT2D eigenvalue weighted by Crippen LogP contribution is 2.24. The number of rotatable bonds is 8. The van der Waals surface area contributed by atoms with Crippen molar-refractivity contribution in [2.24, 2.45) is 5.92 Å². The number of carbonyl (C=O) groups is 4. The van der Waals surface area contributed by atoms with E-state index in [1.54, 1.807) is 0 Å². The molecular weight excluding hydrogens is 392 g/mol. The molecule has 0 saturated carbocycles. The van der Waals surface area contributed by atoms with Crippen LogP contribution in [-0.2, 0) is 23.8 Å². The van der Waals surface area contributed by atoms with Crippen molar-refractivity contribution in [1.82, 2.24) is 0 Å². The van der Waals surface area contributed by atoms with Gasteiger partial charge in [-0.1, -0.05) is 32.0 Å². The summed E-state index contributed by atoms with van der Waals surface area (Å²) in [5.74, 6) is -2.87. The maximum atomic E-state index is 13.2. The number of methoxy groups -OCH3 is 2. The number of hydrogen-bond acceptors (Lipinski definition) is 8. The Bertz CT molecular complexity index is 993. The van der Waals surface area contributed by atoms with Gasteiger partial charge in [-0.15, -0.1) is 0 Å². The van der Waals surface area contributed by atoms with Crippen LogP contribution >= 0.6 is 0 Å². The Morgan fingerprint density at radius 1 is 1.03 bits per heavy atom. The normalized spacial score (nSPS) is 10.8. The summed E-state index contributed by atoms with van der Waals surface area (Å²) in [6.45, 7) is 3.74. The fourth-order valence-corrected chi connectivity index (χ4v) is 2.28. The van der Waals surface area contributed by atoms with Gasteiger partial charge < -0.3 is 19.6 Å². The number of nitrogens with zero attached hydrogens (tertiary/aromatic N) is 2. The number of benzene rings is 1. The summed E-state index contributed by atoms with van der Waals surface area (Å²) >= 11 is 0. The van der Waals surface area contributed by atoms with E-state index in [-0.39, 0.29) is 23.7 Å². The van der Waals surface area contributed by atoms with Crippen molar-refractivity contribution >= 4 is 29.6 Å². The molecule has 0 heterocycles. The van der Waals surface area contributed by atoms with Gasteiger partial charge in [0.25, 0.3) is 0 Å². The fraction of sp³-hybridized carbons (Fsp3) is 0.286. The molecular formula is C21H19N2O7-. The van der Waals surface area contributed by atoms with E-state index in [0.717, 1.165) is 14.2 Å². The highest BCUT2D eigenvalue weighted by molar-refractivity contribution is 6.26. The Morgan fingerprint density at radius 3 is 2.07 bits per heavy atom. The lowest BCUT2D eigenvalue weighted by atomic mass is 9.90. The molecule has 0 N–H and O–H groups in total. The second-order valence-electron chi connectivity index (χ2n) is 6.20. The van der Waals surface area contributed by atoms with Crippen LogP contribution < -0.4 is 0 Å². The number of hydrogen-bond donors (Lipinski definition) is 0. The lowest BCUT2D eigenvalue weighted by molar-refractivity contribution is -0.135. The highest BCUT2D eigenvalue weighted by atomic mass is 16.5. The Kier molecular flexibility index (Phi) is 8.88. The summed E-state index contributed by atoms with van der Waals surface area (Å²) < 4.78 is 14.1. The van der Waals surface area contributed by atoms with Crippen LogP contribution in [0.4, 0.5) is 0 Å². The quantitative estimate of drug-likeness (QED) is 0.120. The SMILES string of the molecule is COC(=O)C(=C=[N-])/C(C(=O)c1ccccc1C(=O)OCC(C)C)=C(/C#N)C(=O)OC. The average molecular weight is 411 g/mol. The van der Waals surface area contributed by atoms with E-state index in [0.29, 0.717) is 0 Å². The molecule has 30 heavy (non-hydrogen) atoms.